The van der Waals surface area contributed by atoms with Crippen molar-refractivity contribution in [1.29, 1.82) is 0 Å². The fourth-order valence-corrected chi connectivity index (χ4v) is 1.68. The number of aromatic nitrogens is 2. The molecule has 0 amide bonds. The molecule has 0 aliphatic rings. The molecule has 2 aromatic heterocycles. The fraction of sp³-hybridized carbons (Fsp3) is 0. The zero-order chi connectivity index (χ0) is 9.38. The second-order valence-electron chi connectivity index (χ2n) is 3.22. The van der Waals surface area contributed by atoms with Gasteiger partial charge in [-0.05, 0) is 12.1 Å². The molecule has 0 unspecified atom stereocenters. The largest absolute Gasteiger partial charge is 0.254 e. The average Bonchev–Trinajstić information content (AvgIpc) is 2.29. The number of fused-ring (bicyclic) bond motifs is 3. The SMILES string of the molecule is [Cu].c1cnc2c(c1)ccc1cccnc12. The van der Waals surface area contributed by atoms with Crippen molar-refractivity contribution >= 4 is 21.8 Å². The van der Waals surface area contributed by atoms with E-state index in [1.54, 1.807) is 12.4 Å². The first-order valence-electron chi connectivity index (χ1n) is 4.53. The summed E-state index contributed by atoms with van der Waals surface area (Å²) in [6.07, 6.45) is 3.60. The number of nitrogens with zero attached hydrogens (tertiary/aromatic N) is 2. The van der Waals surface area contributed by atoms with Crippen LogP contribution in [0.5, 0.6) is 0 Å². The molecule has 0 fully saturated rings. The van der Waals surface area contributed by atoms with Gasteiger partial charge in [-0.2, -0.15) is 0 Å². The molecule has 1 aromatic carbocycles. The fourth-order valence-electron chi connectivity index (χ4n) is 1.68. The molecule has 3 aromatic rings. The van der Waals surface area contributed by atoms with Crippen molar-refractivity contribution in [2.75, 3.05) is 0 Å². The van der Waals surface area contributed by atoms with E-state index >= 15 is 0 Å². The molecule has 1 radical (unpaired) electrons. The Labute approximate surface area is 97.8 Å². The average molecular weight is 244 g/mol. The van der Waals surface area contributed by atoms with Gasteiger partial charge in [0.25, 0.3) is 0 Å². The third-order valence-electron chi connectivity index (χ3n) is 2.34. The summed E-state index contributed by atoms with van der Waals surface area (Å²) in [7, 11) is 0. The zero-order valence-electron chi connectivity index (χ0n) is 7.81. The number of hydrogen-bond acceptors (Lipinski definition) is 2. The van der Waals surface area contributed by atoms with E-state index < -0.39 is 0 Å². The first kappa shape index (κ1) is 10.1. The molecule has 77 valence electrons. The first-order valence-corrected chi connectivity index (χ1v) is 4.53. The summed E-state index contributed by atoms with van der Waals surface area (Å²) in [5.74, 6) is 0. The molecule has 3 rings (SSSR count). The van der Waals surface area contributed by atoms with Crippen LogP contribution in [0.15, 0.2) is 48.8 Å². The number of rotatable bonds is 0. The Kier molecular flexibility index (Phi) is 2.67. The third-order valence-corrected chi connectivity index (χ3v) is 2.34. The summed E-state index contributed by atoms with van der Waals surface area (Å²) < 4.78 is 0. The molecule has 15 heavy (non-hydrogen) atoms. The summed E-state index contributed by atoms with van der Waals surface area (Å²) in [6.45, 7) is 0. The second-order valence-corrected chi connectivity index (χ2v) is 3.22. The Balaban J connectivity index is 0.000000853. The van der Waals surface area contributed by atoms with Gasteiger partial charge in [-0.1, -0.05) is 24.3 Å². The van der Waals surface area contributed by atoms with E-state index in [-0.39, 0.29) is 17.1 Å². The normalized spacial score (nSPS) is 10.1. The minimum Gasteiger partial charge on any atom is -0.254 e. The molecule has 0 atom stereocenters. The predicted octanol–water partition coefficient (Wildman–Crippen LogP) is 2.78. The van der Waals surface area contributed by atoms with Gasteiger partial charge in [-0.15, -0.1) is 0 Å². The van der Waals surface area contributed by atoms with Crippen LogP contribution in [0.3, 0.4) is 0 Å². The number of pyridine rings is 2. The van der Waals surface area contributed by atoms with Gasteiger partial charge in [0.1, 0.15) is 0 Å². The Bertz CT molecular complexity index is 553. The molecule has 0 aliphatic heterocycles. The van der Waals surface area contributed by atoms with Crippen molar-refractivity contribution in [3.8, 4) is 0 Å². The van der Waals surface area contributed by atoms with Crippen LogP contribution in [0.1, 0.15) is 0 Å². The van der Waals surface area contributed by atoms with Crippen LogP contribution in [0.4, 0.5) is 0 Å². The summed E-state index contributed by atoms with van der Waals surface area (Å²) >= 11 is 0. The van der Waals surface area contributed by atoms with Crippen LogP contribution in [0.2, 0.25) is 0 Å². The van der Waals surface area contributed by atoms with Crippen LogP contribution < -0.4 is 0 Å². The maximum absolute atomic E-state index is 4.35. The molecule has 0 bridgehead atoms. The summed E-state index contributed by atoms with van der Waals surface area (Å²) in [5.41, 5.74) is 1.95. The van der Waals surface area contributed by atoms with E-state index in [1.807, 2.05) is 12.1 Å². The van der Waals surface area contributed by atoms with Gasteiger partial charge in [0.2, 0.25) is 0 Å². The maximum Gasteiger partial charge on any atom is 0.0964 e. The summed E-state index contributed by atoms with van der Waals surface area (Å²) in [4.78, 5) is 8.69. The van der Waals surface area contributed by atoms with Crippen LogP contribution in [0.25, 0.3) is 21.8 Å². The Morgan fingerprint density at radius 2 is 1.13 bits per heavy atom. The van der Waals surface area contributed by atoms with Gasteiger partial charge in [0, 0.05) is 40.2 Å². The monoisotopic (exact) mass is 243 g/mol. The number of benzene rings is 1. The minimum atomic E-state index is 0. The molecular weight excluding hydrogens is 236 g/mol. The summed E-state index contributed by atoms with van der Waals surface area (Å²) in [5, 5.41) is 2.28. The molecule has 0 aliphatic carbocycles. The van der Waals surface area contributed by atoms with Crippen LogP contribution in [-0.2, 0) is 17.1 Å². The van der Waals surface area contributed by atoms with Crippen molar-refractivity contribution in [3.05, 3.63) is 48.8 Å². The van der Waals surface area contributed by atoms with E-state index in [1.165, 1.54) is 0 Å². The van der Waals surface area contributed by atoms with Crippen molar-refractivity contribution in [1.82, 2.24) is 9.97 Å². The Morgan fingerprint density at radius 1 is 0.667 bits per heavy atom. The van der Waals surface area contributed by atoms with Crippen LogP contribution in [-0.4, -0.2) is 9.97 Å². The van der Waals surface area contributed by atoms with E-state index in [2.05, 4.69) is 34.2 Å². The summed E-state index contributed by atoms with van der Waals surface area (Å²) in [6, 6.07) is 12.1. The smallest absolute Gasteiger partial charge is 0.0964 e. The molecule has 0 spiro atoms. The van der Waals surface area contributed by atoms with Crippen molar-refractivity contribution in [2.24, 2.45) is 0 Å². The Hall–Kier alpha value is -1.44. The quantitative estimate of drug-likeness (QED) is 0.448. The molecule has 3 heteroatoms. The second kappa shape index (κ2) is 3.97. The zero-order valence-corrected chi connectivity index (χ0v) is 8.76. The molecule has 0 saturated carbocycles. The molecule has 2 nitrogen and oxygen atoms in total. The van der Waals surface area contributed by atoms with E-state index in [0.29, 0.717) is 0 Å². The Morgan fingerprint density at radius 3 is 1.60 bits per heavy atom. The van der Waals surface area contributed by atoms with Crippen LogP contribution >= 0.6 is 0 Å². The van der Waals surface area contributed by atoms with Gasteiger partial charge in [0.15, 0.2) is 0 Å². The maximum atomic E-state index is 4.35. The predicted molar refractivity (Wildman–Crippen MR) is 57.0 cm³/mol. The van der Waals surface area contributed by atoms with Gasteiger partial charge < -0.3 is 0 Å². The van der Waals surface area contributed by atoms with Crippen molar-refractivity contribution < 1.29 is 17.1 Å². The first-order chi connectivity index (χ1) is 6.95. The van der Waals surface area contributed by atoms with E-state index in [9.17, 15) is 0 Å². The molecular formula is C12H8CuN2. The number of hydrogen-bond donors (Lipinski definition) is 0. The van der Waals surface area contributed by atoms with Gasteiger partial charge >= 0.3 is 0 Å². The van der Waals surface area contributed by atoms with E-state index in [0.717, 1.165) is 21.8 Å². The van der Waals surface area contributed by atoms with E-state index in [4.69, 9.17) is 0 Å². The van der Waals surface area contributed by atoms with Gasteiger partial charge in [0.05, 0.1) is 11.0 Å². The van der Waals surface area contributed by atoms with Crippen molar-refractivity contribution in [3.63, 3.8) is 0 Å². The topological polar surface area (TPSA) is 25.8 Å². The minimum absolute atomic E-state index is 0. The van der Waals surface area contributed by atoms with Crippen molar-refractivity contribution in [2.45, 2.75) is 0 Å². The standard InChI is InChI=1S/C12H8N2.Cu/c1-3-9-5-6-10-4-2-8-14-12(10)11(9)13-7-1;/h1-8H;. The van der Waals surface area contributed by atoms with Gasteiger partial charge in [-0.25, -0.2) is 0 Å². The molecule has 0 N–H and O–H groups in total. The van der Waals surface area contributed by atoms with Gasteiger partial charge in [-0.3, -0.25) is 9.97 Å². The molecule has 2 heterocycles. The third kappa shape index (κ3) is 1.60. The molecule has 0 saturated heterocycles. The van der Waals surface area contributed by atoms with Crippen LogP contribution in [0, 0.1) is 0 Å².